The molecule has 0 spiro atoms. The van der Waals surface area contributed by atoms with E-state index in [0.29, 0.717) is 0 Å². The summed E-state index contributed by atoms with van der Waals surface area (Å²) in [5, 5.41) is 2.35. The smallest absolute Gasteiger partial charge is 0.393 e. The summed E-state index contributed by atoms with van der Waals surface area (Å²) < 4.78 is 36.2. The lowest BCUT2D eigenvalue weighted by Gasteiger charge is -2.09. The Morgan fingerprint density at radius 2 is 2.06 bits per heavy atom. The van der Waals surface area contributed by atoms with Gasteiger partial charge in [-0.25, -0.2) is 0 Å². The number of alkyl halides is 3. The Morgan fingerprint density at radius 1 is 1.44 bits per heavy atom. The highest BCUT2D eigenvalue weighted by atomic mass is 19.4. The van der Waals surface area contributed by atoms with Gasteiger partial charge in [-0.15, -0.1) is 0 Å². The fraction of sp³-hybridized carbons (Fsp3) is 0.300. The van der Waals surface area contributed by atoms with E-state index < -0.39 is 18.5 Å². The average molecular weight is 232 g/mol. The predicted octanol–water partition coefficient (Wildman–Crippen LogP) is 1.73. The summed E-state index contributed by atoms with van der Waals surface area (Å²) in [7, 11) is 1.42. The van der Waals surface area contributed by atoms with Crippen LogP contribution in [0, 0.1) is 0 Å². The summed E-state index contributed by atoms with van der Waals surface area (Å²) in [6.45, 7) is 0. The van der Waals surface area contributed by atoms with Crippen molar-refractivity contribution in [1.82, 2.24) is 5.32 Å². The fourth-order valence-electron chi connectivity index (χ4n) is 1.30. The first kappa shape index (κ1) is 12.4. The number of carbonyl (C=O) groups excluding carboxylic acids is 1. The molecule has 6 heteroatoms. The third kappa shape index (κ3) is 3.15. The summed E-state index contributed by atoms with van der Waals surface area (Å²) in [6, 6.07) is 3.70. The Bertz CT molecular complexity index is 402. The molecule has 0 aliphatic rings. The summed E-state index contributed by atoms with van der Waals surface area (Å²) in [4.78, 5) is 11.2. The largest absolute Gasteiger partial charge is 0.398 e. The number of nitrogens with one attached hydrogen (secondary N) is 1. The normalized spacial score (nSPS) is 11.2. The maximum Gasteiger partial charge on any atom is 0.393 e. The van der Waals surface area contributed by atoms with E-state index in [1.807, 2.05) is 0 Å². The lowest BCUT2D eigenvalue weighted by atomic mass is 10.1. The van der Waals surface area contributed by atoms with Gasteiger partial charge in [0.25, 0.3) is 5.91 Å². The molecule has 0 atom stereocenters. The summed E-state index contributed by atoms with van der Waals surface area (Å²) in [5.74, 6) is -0.420. The number of benzene rings is 1. The first-order valence-electron chi connectivity index (χ1n) is 4.50. The number of rotatable bonds is 2. The SMILES string of the molecule is CNC(=O)c1ccc(CC(F)(F)F)cc1N. The van der Waals surface area contributed by atoms with Gasteiger partial charge in [-0.3, -0.25) is 4.79 Å². The van der Waals surface area contributed by atoms with E-state index in [1.165, 1.54) is 19.2 Å². The summed E-state index contributed by atoms with van der Waals surface area (Å²) in [6.07, 6.45) is -5.33. The molecule has 0 saturated heterocycles. The Morgan fingerprint density at radius 3 is 2.50 bits per heavy atom. The van der Waals surface area contributed by atoms with Crippen molar-refractivity contribution in [3.8, 4) is 0 Å². The maximum absolute atomic E-state index is 12.1. The lowest BCUT2D eigenvalue weighted by Crippen LogP contribution is -2.19. The number of carbonyl (C=O) groups is 1. The van der Waals surface area contributed by atoms with Gasteiger partial charge in [0.15, 0.2) is 0 Å². The van der Waals surface area contributed by atoms with E-state index in [9.17, 15) is 18.0 Å². The maximum atomic E-state index is 12.1. The molecular formula is C10H11F3N2O. The molecule has 3 nitrogen and oxygen atoms in total. The van der Waals surface area contributed by atoms with Gasteiger partial charge in [0.05, 0.1) is 12.0 Å². The molecule has 0 bridgehead atoms. The molecule has 3 N–H and O–H groups in total. The minimum atomic E-state index is -4.28. The molecule has 0 heterocycles. The molecule has 0 aliphatic heterocycles. The number of amides is 1. The minimum absolute atomic E-state index is 0.0395. The number of anilines is 1. The van der Waals surface area contributed by atoms with Crippen LogP contribution in [0.5, 0.6) is 0 Å². The Labute approximate surface area is 90.4 Å². The van der Waals surface area contributed by atoms with Gasteiger partial charge < -0.3 is 11.1 Å². The van der Waals surface area contributed by atoms with Crippen LogP contribution >= 0.6 is 0 Å². The van der Waals surface area contributed by atoms with E-state index in [1.54, 1.807) is 0 Å². The summed E-state index contributed by atoms with van der Waals surface area (Å²) in [5.41, 5.74) is 5.75. The first-order valence-corrected chi connectivity index (χ1v) is 4.50. The highest BCUT2D eigenvalue weighted by molar-refractivity contribution is 5.99. The Balaban J connectivity index is 2.96. The molecule has 0 radical (unpaired) electrons. The van der Waals surface area contributed by atoms with Crippen molar-refractivity contribution < 1.29 is 18.0 Å². The van der Waals surface area contributed by atoms with Crippen molar-refractivity contribution in [2.24, 2.45) is 0 Å². The van der Waals surface area contributed by atoms with Crippen LogP contribution in [-0.2, 0) is 6.42 Å². The van der Waals surface area contributed by atoms with Gasteiger partial charge in [0.2, 0.25) is 0 Å². The summed E-state index contributed by atoms with van der Waals surface area (Å²) >= 11 is 0. The van der Waals surface area contributed by atoms with E-state index in [-0.39, 0.29) is 16.8 Å². The standard InChI is InChI=1S/C10H11F3N2O/c1-15-9(16)7-3-2-6(4-8(7)14)5-10(11,12)13/h2-4H,5,14H2,1H3,(H,15,16). The van der Waals surface area contributed by atoms with Gasteiger partial charge >= 0.3 is 6.18 Å². The van der Waals surface area contributed by atoms with Crippen molar-refractivity contribution in [2.45, 2.75) is 12.6 Å². The topological polar surface area (TPSA) is 55.1 Å². The third-order valence-electron chi connectivity index (χ3n) is 1.99. The lowest BCUT2D eigenvalue weighted by molar-refractivity contribution is -0.127. The van der Waals surface area contributed by atoms with Crippen LogP contribution in [0.3, 0.4) is 0 Å². The second-order valence-corrected chi connectivity index (χ2v) is 3.29. The zero-order valence-corrected chi connectivity index (χ0v) is 8.56. The van der Waals surface area contributed by atoms with Crippen molar-refractivity contribution >= 4 is 11.6 Å². The molecule has 0 aromatic heterocycles. The van der Waals surface area contributed by atoms with Crippen LogP contribution in [0.25, 0.3) is 0 Å². The second-order valence-electron chi connectivity index (χ2n) is 3.29. The number of hydrogen-bond acceptors (Lipinski definition) is 2. The van der Waals surface area contributed by atoms with Gasteiger partial charge in [0, 0.05) is 12.7 Å². The molecule has 1 rings (SSSR count). The fourth-order valence-corrected chi connectivity index (χ4v) is 1.30. The highest BCUT2D eigenvalue weighted by Crippen LogP contribution is 2.23. The van der Waals surface area contributed by atoms with Crippen LogP contribution in [0.4, 0.5) is 18.9 Å². The van der Waals surface area contributed by atoms with Gasteiger partial charge in [-0.2, -0.15) is 13.2 Å². The number of halogens is 3. The molecule has 0 fully saturated rings. The van der Waals surface area contributed by atoms with E-state index in [2.05, 4.69) is 5.32 Å². The van der Waals surface area contributed by atoms with Crippen LogP contribution < -0.4 is 11.1 Å². The highest BCUT2D eigenvalue weighted by Gasteiger charge is 2.27. The molecular weight excluding hydrogens is 221 g/mol. The van der Waals surface area contributed by atoms with E-state index in [0.717, 1.165) is 6.07 Å². The number of hydrogen-bond donors (Lipinski definition) is 2. The van der Waals surface area contributed by atoms with Crippen molar-refractivity contribution in [2.75, 3.05) is 12.8 Å². The van der Waals surface area contributed by atoms with Crippen LogP contribution in [0.2, 0.25) is 0 Å². The quantitative estimate of drug-likeness (QED) is 0.763. The van der Waals surface area contributed by atoms with Gasteiger partial charge in [-0.05, 0) is 17.7 Å². The third-order valence-corrected chi connectivity index (χ3v) is 1.99. The van der Waals surface area contributed by atoms with Crippen LogP contribution in [0.1, 0.15) is 15.9 Å². The molecule has 1 aromatic rings. The molecule has 16 heavy (non-hydrogen) atoms. The predicted molar refractivity (Wildman–Crippen MR) is 54.0 cm³/mol. The minimum Gasteiger partial charge on any atom is -0.398 e. The molecule has 0 saturated carbocycles. The number of nitrogen functional groups attached to an aromatic ring is 1. The van der Waals surface area contributed by atoms with E-state index >= 15 is 0 Å². The number of nitrogens with two attached hydrogens (primary N) is 1. The zero-order chi connectivity index (χ0) is 12.3. The monoisotopic (exact) mass is 232 g/mol. The molecule has 0 unspecified atom stereocenters. The Kier molecular flexibility index (Phi) is 3.41. The first-order chi connectivity index (χ1) is 7.33. The van der Waals surface area contributed by atoms with Crippen LogP contribution in [0.15, 0.2) is 18.2 Å². The second kappa shape index (κ2) is 4.42. The van der Waals surface area contributed by atoms with Gasteiger partial charge in [0.1, 0.15) is 0 Å². The Hall–Kier alpha value is -1.72. The molecule has 0 aliphatic carbocycles. The van der Waals surface area contributed by atoms with Crippen molar-refractivity contribution in [1.29, 1.82) is 0 Å². The zero-order valence-electron chi connectivity index (χ0n) is 8.56. The van der Waals surface area contributed by atoms with E-state index in [4.69, 9.17) is 5.73 Å². The molecule has 1 amide bonds. The van der Waals surface area contributed by atoms with Crippen molar-refractivity contribution in [3.63, 3.8) is 0 Å². The van der Waals surface area contributed by atoms with Gasteiger partial charge in [-0.1, -0.05) is 6.07 Å². The molecule has 88 valence electrons. The van der Waals surface area contributed by atoms with Crippen molar-refractivity contribution in [3.05, 3.63) is 29.3 Å². The molecule has 1 aromatic carbocycles. The average Bonchev–Trinajstić information content (AvgIpc) is 2.14. The van der Waals surface area contributed by atoms with Crippen LogP contribution in [-0.4, -0.2) is 19.1 Å².